The van der Waals surface area contributed by atoms with Crippen LogP contribution in [0.15, 0.2) is 54.9 Å². The first kappa shape index (κ1) is 18.2. The summed E-state index contributed by atoms with van der Waals surface area (Å²) in [5.41, 5.74) is 0.705. The van der Waals surface area contributed by atoms with Gasteiger partial charge in [0.05, 0.1) is 0 Å². The Balaban J connectivity index is 1.80. The quantitative estimate of drug-likeness (QED) is 0.490. The molecule has 28 heavy (non-hydrogen) atoms. The number of rotatable bonds is 5. The van der Waals surface area contributed by atoms with Gasteiger partial charge in [-0.1, -0.05) is 17.7 Å². The summed E-state index contributed by atoms with van der Waals surface area (Å²) in [5.74, 6) is -3.16. The van der Waals surface area contributed by atoms with E-state index >= 15 is 0 Å². The summed E-state index contributed by atoms with van der Waals surface area (Å²) >= 11 is 5.91. The second-order valence-electron chi connectivity index (χ2n) is 5.86. The minimum Gasteiger partial charge on any atom is -0.338 e. The maximum Gasteiger partial charge on any atom is 0.317 e. The number of hydrogen-bond donors (Lipinski definition) is 1. The SMILES string of the molecule is FCC(F)(F)c1cccc(-c2nc(Nc3ccnc(Cl)c3)c3cccn3n2)n1. The Morgan fingerprint density at radius 1 is 1.11 bits per heavy atom. The molecule has 0 spiro atoms. The van der Waals surface area contributed by atoms with Gasteiger partial charge in [-0.15, -0.1) is 5.10 Å². The first-order chi connectivity index (χ1) is 13.5. The minimum atomic E-state index is -3.68. The summed E-state index contributed by atoms with van der Waals surface area (Å²) in [6.45, 7) is -1.84. The molecule has 1 N–H and O–H groups in total. The van der Waals surface area contributed by atoms with Gasteiger partial charge in [0.2, 0.25) is 5.82 Å². The van der Waals surface area contributed by atoms with Gasteiger partial charge in [0.15, 0.2) is 12.5 Å². The predicted octanol–water partition coefficient (Wildman–Crippen LogP) is 4.64. The van der Waals surface area contributed by atoms with E-state index in [1.807, 2.05) is 0 Å². The molecule has 0 aromatic carbocycles. The lowest BCUT2D eigenvalue weighted by Crippen LogP contribution is -2.18. The van der Waals surface area contributed by atoms with Gasteiger partial charge in [-0.25, -0.2) is 23.9 Å². The maximum atomic E-state index is 13.7. The molecule has 0 atom stereocenters. The van der Waals surface area contributed by atoms with E-state index in [1.165, 1.54) is 22.8 Å². The van der Waals surface area contributed by atoms with Crippen molar-refractivity contribution in [2.75, 3.05) is 12.0 Å². The van der Waals surface area contributed by atoms with Gasteiger partial charge in [0.1, 0.15) is 22.1 Å². The summed E-state index contributed by atoms with van der Waals surface area (Å²) in [7, 11) is 0. The molecule has 4 aromatic rings. The molecule has 4 aromatic heterocycles. The van der Waals surface area contributed by atoms with Gasteiger partial charge in [-0.3, -0.25) is 0 Å². The number of alkyl halides is 3. The van der Waals surface area contributed by atoms with E-state index in [2.05, 4.69) is 25.4 Å². The number of fused-ring (bicyclic) bond motifs is 1. The van der Waals surface area contributed by atoms with E-state index in [9.17, 15) is 13.2 Å². The van der Waals surface area contributed by atoms with E-state index in [-0.39, 0.29) is 11.5 Å². The van der Waals surface area contributed by atoms with Crippen molar-refractivity contribution in [1.82, 2.24) is 24.6 Å². The lowest BCUT2D eigenvalue weighted by Gasteiger charge is -2.13. The number of pyridine rings is 2. The number of nitrogens with zero attached hydrogens (tertiary/aromatic N) is 5. The average Bonchev–Trinajstić information content (AvgIpc) is 3.17. The standard InChI is InChI=1S/C18H12ClF3N6/c19-15-9-11(6-7-23-15)24-17-13-4-2-8-28(13)27-16(26-17)12-3-1-5-14(25-12)18(21,22)10-20/h1-9H,10H2,(H,23,24,26,27). The highest BCUT2D eigenvalue weighted by Crippen LogP contribution is 2.29. The normalized spacial score (nSPS) is 11.7. The van der Waals surface area contributed by atoms with E-state index in [1.54, 1.807) is 30.5 Å². The number of hydrogen-bond acceptors (Lipinski definition) is 5. The number of nitrogens with one attached hydrogen (secondary N) is 1. The molecule has 0 bridgehead atoms. The van der Waals surface area contributed by atoms with E-state index in [0.717, 1.165) is 6.07 Å². The molecule has 142 valence electrons. The molecule has 4 heterocycles. The van der Waals surface area contributed by atoms with Gasteiger partial charge in [-0.2, -0.15) is 8.78 Å². The highest BCUT2D eigenvalue weighted by molar-refractivity contribution is 6.29. The molecule has 0 radical (unpaired) electrons. The third-order valence-electron chi connectivity index (χ3n) is 3.90. The predicted molar refractivity (Wildman–Crippen MR) is 98.6 cm³/mol. The van der Waals surface area contributed by atoms with Crippen LogP contribution in [0.25, 0.3) is 17.0 Å². The minimum absolute atomic E-state index is 0.0945. The lowest BCUT2D eigenvalue weighted by atomic mass is 10.2. The third-order valence-corrected chi connectivity index (χ3v) is 4.11. The zero-order chi connectivity index (χ0) is 19.7. The topological polar surface area (TPSA) is 68.0 Å². The Kier molecular flexibility index (Phi) is 4.60. The molecule has 0 aliphatic carbocycles. The molecule has 10 heteroatoms. The van der Waals surface area contributed by atoms with Crippen LogP contribution < -0.4 is 5.32 Å². The number of halogens is 4. The molecule has 4 rings (SSSR count). The molecule has 0 amide bonds. The molecule has 0 unspecified atom stereocenters. The highest BCUT2D eigenvalue weighted by Gasteiger charge is 2.33. The lowest BCUT2D eigenvalue weighted by molar-refractivity contribution is -0.0320. The van der Waals surface area contributed by atoms with E-state index in [4.69, 9.17) is 11.6 Å². The summed E-state index contributed by atoms with van der Waals surface area (Å²) in [5, 5.41) is 7.71. The van der Waals surface area contributed by atoms with Crippen molar-refractivity contribution in [2.45, 2.75) is 5.92 Å². The van der Waals surface area contributed by atoms with Crippen molar-refractivity contribution >= 4 is 28.6 Å². The van der Waals surface area contributed by atoms with Crippen molar-refractivity contribution in [3.8, 4) is 11.5 Å². The van der Waals surface area contributed by atoms with Crippen LogP contribution in [0, 0.1) is 0 Å². The van der Waals surface area contributed by atoms with Crippen LogP contribution >= 0.6 is 11.6 Å². The van der Waals surface area contributed by atoms with E-state index < -0.39 is 18.3 Å². The molecule has 0 saturated heterocycles. The second kappa shape index (κ2) is 7.08. The molecule has 6 nitrogen and oxygen atoms in total. The summed E-state index contributed by atoms with van der Waals surface area (Å²) in [6, 6.07) is 10.8. The largest absolute Gasteiger partial charge is 0.338 e. The molecular weight excluding hydrogens is 393 g/mol. The average molecular weight is 405 g/mol. The highest BCUT2D eigenvalue weighted by atomic mass is 35.5. The summed E-state index contributed by atoms with van der Waals surface area (Å²) in [6.07, 6.45) is 3.22. The first-order valence-corrected chi connectivity index (χ1v) is 8.50. The molecule has 0 aliphatic rings. The fourth-order valence-electron chi connectivity index (χ4n) is 2.58. The summed E-state index contributed by atoms with van der Waals surface area (Å²) in [4.78, 5) is 12.2. The van der Waals surface area contributed by atoms with Crippen molar-refractivity contribution < 1.29 is 13.2 Å². The number of aromatic nitrogens is 5. The molecular formula is C18H12ClF3N6. The molecule has 0 saturated carbocycles. The Hall–Kier alpha value is -3.20. The van der Waals surface area contributed by atoms with Crippen LogP contribution in [0.3, 0.4) is 0 Å². The van der Waals surface area contributed by atoms with Gasteiger partial charge >= 0.3 is 5.92 Å². The van der Waals surface area contributed by atoms with Crippen LogP contribution in [-0.4, -0.2) is 31.2 Å². The van der Waals surface area contributed by atoms with Gasteiger partial charge in [0, 0.05) is 18.1 Å². The van der Waals surface area contributed by atoms with Crippen LogP contribution in [0.4, 0.5) is 24.7 Å². The summed E-state index contributed by atoms with van der Waals surface area (Å²) < 4.78 is 41.5. The monoisotopic (exact) mass is 404 g/mol. The Labute approximate surface area is 162 Å². The van der Waals surface area contributed by atoms with Crippen LogP contribution in [-0.2, 0) is 5.92 Å². The van der Waals surface area contributed by atoms with Gasteiger partial charge in [0.25, 0.3) is 0 Å². The smallest absolute Gasteiger partial charge is 0.317 e. The number of anilines is 2. The Morgan fingerprint density at radius 2 is 1.96 bits per heavy atom. The van der Waals surface area contributed by atoms with Crippen molar-refractivity contribution in [1.29, 1.82) is 0 Å². The Morgan fingerprint density at radius 3 is 2.75 bits per heavy atom. The van der Waals surface area contributed by atoms with Crippen molar-refractivity contribution in [3.05, 3.63) is 65.7 Å². The zero-order valence-electron chi connectivity index (χ0n) is 14.2. The Bertz CT molecular complexity index is 1150. The van der Waals surface area contributed by atoms with Crippen LogP contribution in [0.5, 0.6) is 0 Å². The van der Waals surface area contributed by atoms with Gasteiger partial charge < -0.3 is 5.32 Å². The second-order valence-corrected chi connectivity index (χ2v) is 6.25. The fourth-order valence-corrected chi connectivity index (χ4v) is 2.76. The first-order valence-electron chi connectivity index (χ1n) is 8.12. The van der Waals surface area contributed by atoms with Crippen LogP contribution in [0.2, 0.25) is 5.15 Å². The van der Waals surface area contributed by atoms with E-state index in [0.29, 0.717) is 22.2 Å². The third kappa shape index (κ3) is 3.48. The fraction of sp³-hybridized carbons (Fsp3) is 0.111. The zero-order valence-corrected chi connectivity index (χ0v) is 14.9. The van der Waals surface area contributed by atoms with Crippen molar-refractivity contribution in [3.63, 3.8) is 0 Å². The van der Waals surface area contributed by atoms with Gasteiger partial charge in [-0.05, 0) is 36.4 Å². The molecule has 0 fully saturated rings. The molecule has 0 aliphatic heterocycles. The van der Waals surface area contributed by atoms with Crippen LogP contribution in [0.1, 0.15) is 5.69 Å². The maximum absolute atomic E-state index is 13.7. The van der Waals surface area contributed by atoms with Crippen molar-refractivity contribution in [2.24, 2.45) is 0 Å².